The van der Waals surface area contributed by atoms with Gasteiger partial charge in [0.15, 0.2) is 0 Å². The molecule has 2 amide bonds. The first-order valence-electron chi connectivity index (χ1n) is 8.47. The van der Waals surface area contributed by atoms with Gasteiger partial charge in [-0.05, 0) is 62.8 Å². The molecule has 0 aliphatic heterocycles. The van der Waals surface area contributed by atoms with Crippen molar-refractivity contribution in [2.45, 2.75) is 44.6 Å². The van der Waals surface area contributed by atoms with Crippen LogP contribution in [0.3, 0.4) is 0 Å². The quantitative estimate of drug-likeness (QED) is 0.772. The predicted octanol–water partition coefficient (Wildman–Crippen LogP) is 2.41. The Balaban J connectivity index is 1.50. The van der Waals surface area contributed by atoms with Crippen LogP contribution in [0, 0.1) is 11.8 Å². The fourth-order valence-electron chi connectivity index (χ4n) is 3.05. The van der Waals surface area contributed by atoms with Crippen molar-refractivity contribution >= 4 is 23.5 Å². The van der Waals surface area contributed by atoms with E-state index in [0.717, 1.165) is 12.8 Å². The number of nitrogens with one attached hydrogen (secondary N) is 2. The maximum Gasteiger partial charge on any atom is 0.306 e. The molecule has 2 aliphatic carbocycles. The first-order valence-corrected chi connectivity index (χ1v) is 8.47. The molecule has 0 unspecified atom stereocenters. The summed E-state index contributed by atoms with van der Waals surface area (Å²) in [6.45, 7) is 0. The third-order valence-corrected chi connectivity index (χ3v) is 4.77. The van der Waals surface area contributed by atoms with E-state index < -0.39 is 5.97 Å². The van der Waals surface area contributed by atoms with E-state index in [0.29, 0.717) is 36.9 Å². The zero-order valence-corrected chi connectivity index (χ0v) is 13.5. The number of carboxylic acid groups (broad SMARTS) is 1. The number of carbonyl (C=O) groups excluding carboxylic acids is 2. The molecule has 2 aliphatic rings. The van der Waals surface area contributed by atoms with Crippen molar-refractivity contribution in [3.05, 3.63) is 29.8 Å². The van der Waals surface area contributed by atoms with E-state index in [1.165, 1.54) is 0 Å². The number of anilines is 1. The lowest BCUT2D eigenvalue weighted by Crippen LogP contribution is -2.38. The Morgan fingerprint density at radius 1 is 0.875 bits per heavy atom. The van der Waals surface area contributed by atoms with E-state index in [4.69, 9.17) is 5.11 Å². The van der Waals surface area contributed by atoms with Gasteiger partial charge >= 0.3 is 5.97 Å². The minimum absolute atomic E-state index is 0.0299. The van der Waals surface area contributed by atoms with Gasteiger partial charge in [-0.15, -0.1) is 0 Å². The number of aliphatic carboxylic acids is 1. The van der Waals surface area contributed by atoms with Gasteiger partial charge in [0.2, 0.25) is 5.91 Å². The predicted molar refractivity (Wildman–Crippen MR) is 88.6 cm³/mol. The van der Waals surface area contributed by atoms with Crippen LogP contribution in [0.4, 0.5) is 5.69 Å². The van der Waals surface area contributed by atoms with E-state index in [-0.39, 0.29) is 29.7 Å². The summed E-state index contributed by atoms with van der Waals surface area (Å²) in [5.41, 5.74) is 1.24. The van der Waals surface area contributed by atoms with Crippen LogP contribution in [-0.4, -0.2) is 28.9 Å². The molecule has 128 valence electrons. The second-order valence-corrected chi connectivity index (χ2v) is 6.70. The molecule has 0 atom stereocenters. The molecular formula is C18H22N2O4. The standard InChI is InChI=1S/C18H22N2O4/c21-16(11-1-2-11)19-14-7-3-12(4-8-14)17(22)20-15-9-5-13(6-10-15)18(23)24/h3-4,7-8,11,13,15H,1-2,5-6,9-10H2,(H,19,21)(H,20,22)(H,23,24). The highest BCUT2D eigenvalue weighted by molar-refractivity contribution is 5.96. The summed E-state index contributed by atoms with van der Waals surface area (Å²) in [7, 11) is 0. The zero-order valence-electron chi connectivity index (χ0n) is 13.5. The Labute approximate surface area is 140 Å². The Kier molecular flexibility index (Phi) is 4.83. The molecule has 1 aromatic carbocycles. The summed E-state index contributed by atoms with van der Waals surface area (Å²) in [6, 6.07) is 6.89. The van der Waals surface area contributed by atoms with Gasteiger partial charge in [0, 0.05) is 23.2 Å². The monoisotopic (exact) mass is 330 g/mol. The molecule has 2 saturated carbocycles. The molecule has 6 heteroatoms. The van der Waals surface area contributed by atoms with E-state index in [1.54, 1.807) is 24.3 Å². The van der Waals surface area contributed by atoms with Gasteiger partial charge in [-0.1, -0.05) is 0 Å². The molecule has 3 N–H and O–H groups in total. The number of amides is 2. The number of hydrogen-bond acceptors (Lipinski definition) is 3. The zero-order chi connectivity index (χ0) is 17.1. The molecule has 0 spiro atoms. The highest BCUT2D eigenvalue weighted by Gasteiger charge is 2.29. The highest BCUT2D eigenvalue weighted by Crippen LogP contribution is 2.30. The van der Waals surface area contributed by atoms with Gasteiger partial charge in [-0.2, -0.15) is 0 Å². The van der Waals surface area contributed by atoms with E-state index >= 15 is 0 Å². The molecule has 3 rings (SSSR count). The third-order valence-electron chi connectivity index (χ3n) is 4.77. The highest BCUT2D eigenvalue weighted by atomic mass is 16.4. The summed E-state index contributed by atoms with van der Waals surface area (Å²) < 4.78 is 0. The number of carbonyl (C=O) groups is 3. The molecule has 6 nitrogen and oxygen atoms in total. The molecule has 0 bridgehead atoms. The van der Waals surface area contributed by atoms with E-state index in [9.17, 15) is 14.4 Å². The first-order chi connectivity index (χ1) is 11.5. The summed E-state index contributed by atoms with van der Waals surface area (Å²) in [5.74, 6) is -0.999. The Hall–Kier alpha value is -2.37. The largest absolute Gasteiger partial charge is 0.481 e. The number of hydrogen-bond donors (Lipinski definition) is 3. The number of carboxylic acids is 1. The molecule has 0 heterocycles. The van der Waals surface area contributed by atoms with E-state index in [1.807, 2.05) is 0 Å². The molecular weight excluding hydrogens is 308 g/mol. The Morgan fingerprint density at radius 3 is 2.00 bits per heavy atom. The van der Waals surface area contributed by atoms with Gasteiger partial charge in [0.05, 0.1) is 5.92 Å². The average molecular weight is 330 g/mol. The molecule has 0 radical (unpaired) electrons. The Morgan fingerprint density at radius 2 is 1.46 bits per heavy atom. The maximum absolute atomic E-state index is 12.3. The normalized spacial score (nSPS) is 23.3. The van der Waals surface area contributed by atoms with Crippen molar-refractivity contribution in [3.8, 4) is 0 Å². The van der Waals surface area contributed by atoms with E-state index in [2.05, 4.69) is 10.6 Å². The number of rotatable bonds is 5. The molecule has 0 aromatic heterocycles. The van der Waals surface area contributed by atoms with Crippen molar-refractivity contribution in [2.75, 3.05) is 5.32 Å². The van der Waals surface area contributed by atoms with Crippen LogP contribution in [-0.2, 0) is 9.59 Å². The van der Waals surface area contributed by atoms with Crippen LogP contribution >= 0.6 is 0 Å². The smallest absolute Gasteiger partial charge is 0.306 e. The maximum atomic E-state index is 12.3. The van der Waals surface area contributed by atoms with Gasteiger partial charge in [0.1, 0.15) is 0 Å². The summed E-state index contributed by atoms with van der Waals surface area (Å²) >= 11 is 0. The minimum atomic E-state index is -0.747. The van der Waals surface area contributed by atoms with Crippen LogP contribution in [0.15, 0.2) is 24.3 Å². The lowest BCUT2D eigenvalue weighted by Gasteiger charge is -2.26. The first kappa shape index (κ1) is 16.5. The summed E-state index contributed by atoms with van der Waals surface area (Å²) in [4.78, 5) is 34.9. The molecule has 1 aromatic rings. The van der Waals surface area contributed by atoms with Crippen LogP contribution in [0.5, 0.6) is 0 Å². The molecule has 24 heavy (non-hydrogen) atoms. The third kappa shape index (κ3) is 4.13. The van der Waals surface area contributed by atoms with Crippen molar-refractivity contribution in [1.29, 1.82) is 0 Å². The fraction of sp³-hybridized carbons (Fsp3) is 0.500. The lowest BCUT2D eigenvalue weighted by molar-refractivity contribution is -0.142. The second-order valence-electron chi connectivity index (χ2n) is 6.70. The fourth-order valence-corrected chi connectivity index (χ4v) is 3.05. The van der Waals surface area contributed by atoms with Gasteiger partial charge < -0.3 is 15.7 Å². The SMILES string of the molecule is O=C(NC1CCC(C(=O)O)CC1)c1ccc(NC(=O)C2CC2)cc1. The van der Waals surface area contributed by atoms with Crippen molar-refractivity contribution in [1.82, 2.24) is 5.32 Å². The molecule has 0 saturated heterocycles. The van der Waals surface area contributed by atoms with Crippen molar-refractivity contribution < 1.29 is 19.5 Å². The topological polar surface area (TPSA) is 95.5 Å². The lowest BCUT2D eigenvalue weighted by atomic mass is 9.86. The van der Waals surface area contributed by atoms with Crippen LogP contribution in [0.1, 0.15) is 48.9 Å². The van der Waals surface area contributed by atoms with Gasteiger partial charge in [-0.3, -0.25) is 14.4 Å². The van der Waals surface area contributed by atoms with Crippen LogP contribution in [0.25, 0.3) is 0 Å². The summed E-state index contributed by atoms with van der Waals surface area (Å²) in [6.07, 6.45) is 4.50. The van der Waals surface area contributed by atoms with Gasteiger partial charge in [0.25, 0.3) is 5.91 Å². The minimum Gasteiger partial charge on any atom is -0.481 e. The molecule has 2 fully saturated rings. The van der Waals surface area contributed by atoms with Crippen LogP contribution < -0.4 is 10.6 Å². The summed E-state index contributed by atoms with van der Waals surface area (Å²) in [5, 5.41) is 14.8. The van der Waals surface area contributed by atoms with Crippen molar-refractivity contribution in [2.24, 2.45) is 11.8 Å². The second kappa shape index (κ2) is 7.03. The average Bonchev–Trinajstić information content (AvgIpc) is 3.41. The van der Waals surface area contributed by atoms with Crippen LogP contribution in [0.2, 0.25) is 0 Å². The van der Waals surface area contributed by atoms with Gasteiger partial charge in [-0.25, -0.2) is 0 Å². The Bertz CT molecular complexity index is 629. The van der Waals surface area contributed by atoms with Crippen molar-refractivity contribution in [3.63, 3.8) is 0 Å². The number of benzene rings is 1.